The first-order chi connectivity index (χ1) is 9.29. The van der Waals surface area contributed by atoms with Crippen LogP contribution in [0.5, 0.6) is 5.75 Å². The number of ether oxygens (including phenoxy) is 1. The molecule has 1 unspecified atom stereocenters. The summed E-state index contributed by atoms with van der Waals surface area (Å²) in [6.45, 7) is 2.85. The fourth-order valence-electron chi connectivity index (χ4n) is 2.38. The molecule has 1 N–H and O–H groups in total. The average Bonchev–Trinajstić information content (AvgIpc) is 2.96. The minimum absolute atomic E-state index is 0.356. The third-order valence-electron chi connectivity index (χ3n) is 3.53. The molecule has 0 bridgehead atoms. The second kappa shape index (κ2) is 7.81. The molecule has 1 aromatic carbocycles. The molecule has 3 heteroatoms. The van der Waals surface area contributed by atoms with Gasteiger partial charge in [0.1, 0.15) is 5.75 Å². The second-order valence-corrected chi connectivity index (χ2v) is 6.51. The second-order valence-electron chi connectivity index (χ2n) is 5.17. The fourth-order valence-corrected chi connectivity index (χ4v) is 3.70. The number of rotatable bonds is 7. The van der Waals surface area contributed by atoms with Crippen LogP contribution in [0.3, 0.4) is 0 Å². The molecule has 0 radical (unpaired) electrons. The Kier molecular flexibility index (Phi) is 6.05. The Hall–Kier alpha value is -0.670. The van der Waals surface area contributed by atoms with Crippen molar-refractivity contribution in [1.29, 1.82) is 0 Å². The topological polar surface area (TPSA) is 29.5 Å². The van der Waals surface area contributed by atoms with Gasteiger partial charge < -0.3 is 9.84 Å². The molecule has 1 saturated carbocycles. The largest absolute Gasteiger partial charge is 0.494 e. The van der Waals surface area contributed by atoms with Crippen LogP contribution in [0.15, 0.2) is 24.3 Å². The molecule has 1 aliphatic rings. The first kappa shape index (κ1) is 14.7. The van der Waals surface area contributed by atoms with Crippen LogP contribution in [0.25, 0.3) is 0 Å². The lowest BCUT2D eigenvalue weighted by atomic mass is 10.1. The van der Waals surface area contributed by atoms with Gasteiger partial charge in [-0.05, 0) is 37.0 Å². The van der Waals surface area contributed by atoms with Gasteiger partial charge in [-0.3, -0.25) is 0 Å². The Morgan fingerprint density at radius 1 is 1.26 bits per heavy atom. The van der Waals surface area contributed by atoms with Crippen LogP contribution < -0.4 is 4.74 Å². The molecule has 19 heavy (non-hydrogen) atoms. The van der Waals surface area contributed by atoms with Gasteiger partial charge in [0, 0.05) is 11.0 Å². The highest BCUT2D eigenvalue weighted by atomic mass is 32.2. The Labute approximate surface area is 120 Å². The van der Waals surface area contributed by atoms with Crippen molar-refractivity contribution in [2.24, 2.45) is 0 Å². The molecule has 0 aromatic heterocycles. The van der Waals surface area contributed by atoms with Crippen molar-refractivity contribution in [2.45, 2.75) is 50.4 Å². The molecule has 1 atom stereocenters. The van der Waals surface area contributed by atoms with Gasteiger partial charge in [0.2, 0.25) is 0 Å². The molecule has 0 spiro atoms. The van der Waals surface area contributed by atoms with Crippen molar-refractivity contribution in [3.8, 4) is 5.75 Å². The summed E-state index contributed by atoms with van der Waals surface area (Å²) in [5, 5.41) is 11.0. The van der Waals surface area contributed by atoms with Crippen molar-refractivity contribution in [3.05, 3.63) is 29.8 Å². The Morgan fingerprint density at radius 2 is 1.95 bits per heavy atom. The third kappa shape index (κ3) is 4.73. The van der Waals surface area contributed by atoms with Crippen molar-refractivity contribution in [1.82, 2.24) is 0 Å². The van der Waals surface area contributed by atoms with E-state index in [1.54, 1.807) is 0 Å². The summed E-state index contributed by atoms with van der Waals surface area (Å²) >= 11 is 1.92. The number of thioether (sulfide) groups is 1. The van der Waals surface area contributed by atoms with Crippen LogP contribution in [0.1, 0.15) is 50.7 Å². The molecule has 0 aliphatic heterocycles. The Bertz CT molecular complexity index is 358. The van der Waals surface area contributed by atoms with Gasteiger partial charge in [-0.2, -0.15) is 11.8 Å². The van der Waals surface area contributed by atoms with Gasteiger partial charge in [-0.15, -0.1) is 0 Å². The minimum atomic E-state index is -0.356. The fraction of sp³-hybridized carbons (Fsp3) is 0.625. The lowest BCUT2D eigenvalue weighted by molar-refractivity contribution is 0.204. The van der Waals surface area contributed by atoms with Crippen LogP contribution in [-0.2, 0) is 0 Å². The normalized spacial score (nSPS) is 17.6. The zero-order chi connectivity index (χ0) is 13.5. The molecule has 106 valence electrons. The lowest BCUT2D eigenvalue weighted by Gasteiger charge is -2.14. The van der Waals surface area contributed by atoms with E-state index in [0.29, 0.717) is 0 Å². The van der Waals surface area contributed by atoms with E-state index in [2.05, 4.69) is 6.92 Å². The zero-order valence-corrected chi connectivity index (χ0v) is 12.5. The zero-order valence-electron chi connectivity index (χ0n) is 11.7. The monoisotopic (exact) mass is 280 g/mol. The van der Waals surface area contributed by atoms with Gasteiger partial charge in [0.05, 0.1) is 12.7 Å². The number of hydrogen-bond acceptors (Lipinski definition) is 3. The maximum absolute atomic E-state index is 10.2. The van der Waals surface area contributed by atoms with Crippen molar-refractivity contribution in [3.63, 3.8) is 0 Å². The van der Waals surface area contributed by atoms with Gasteiger partial charge in [-0.1, -0.05) is 31.9 Å². The van der Waals surface area contributed by atoms with Crippen LogP contribution in [0, 0.1) is 0 Å². The molecular weight excluding hydrogens is 256 g/mol. The lowest BCUT2D eigenvalue weighted by Crippen LogP contribution is -2.05. The molecule has 0 amide bonds. The maximum Gasteiger partial charge on any atom is 0.119 e. The molecule has 2 rings (SSSR count). The number of aliphatic hydroxyl groups excluding tert-OH is 1. The van der Waals surface area contributed by atoms with Gasteiger partial charge in [-0.25, -0.2) is 0 Å². The molecule has 2 nitrogen and oxygen atoms in total. The summed E-state index contributed by atoms with van der Waals surface area (Å²) in [4.78, 5) is 0. The number of benzene rings is 1. The van der Waals surface area contributed by atoms with Gasteiger partial charge in [0.25, 0.3) is 0 Å². The molecular formula is C16H24O2S. The summed E-state index contributed by atoms with van der Waals surface area (Å²) in [6, 6.07) is 7.86. The highest BCUT2D eigenvalue weighted by Crippen LogP contribution is 2.32. The van der Waals surface area contributed by atoms with Gasteiger partial charge >= 0.3 is 0 Å². The van der Waals surface area contributed by atoms with Crippen molar-refractivity contribution < 1.29 is 9.84 Å². The maximum atomic E-state index is 10.2. The van der Waals surface area contributed by atoms with E-state index < -0.39 is 0 Å². The van der Waals surface area contributed by atoms with Crippen LogP contribution >= 0.6 is 11.8 Å². The molecule has 1 fully saturated rings. The number of hydrogen-bond donors (Lipinski definition) is 1. The molecule has 1 aromatic rings. The molecule has 0 saturated heterocycles. The quantitative estimate of drug-likeness (QED) is 0.812. The van der Waals surface area contributed by atoms with Crippen LogP contribution in [0.2, 0.25) is 0 Å². The Balaban J connectivity index is 1.79. The predicted molar refractivity (Wildman–Crippen MR) is 81.9 cm³/mol. The van der Waals surface area contributed by atoms with Crippen LogP contribution in [0.4, 0.5) is 0 Å². The van der Waals surface area contributed by atoms with E-state index in [9.17, 15) is 5.11 Å². The molecule has 0 heterocycles. The van der Waals surface area contributed by atoms with E-state index in [4.69, 9.17) is 4.74 Å². The highest BCUT2D eigenvalue weighted by molar-refractivity contribution is 7.99. The Morgan fingerprint density at radius 3 is 2.58 bits per heavy atom. The summed E-state index contributed by atoms with van der Waals surface area (Å²) in [5.41, 5.74) is 0.995. The van der Waals surface area contributed by atoms with E-state index in [1.807, 2.05) is 36.0 Å². The minimum Gasteiger partial charge on any atom is -0.494 e. The van der Waals surface area contributed by atoms with Crippen molar-refractivity contribution in [2.75, 3.05) is 12.4 Å². The highest BCUT2D eigenvalue weighted by Gasteiger charge is 2.17. The summed E-state index contributed by atoms with van der Waals surface area (Å²) in [5.74, 6) is 1.70. The van der Waals surface area contributed by atoms with Crippen LogP contribution in [-0.4, -0.2) is 22.7 Å². The van der Waals surface area contributed by atoms with Gasteiger partial charge in [0.15, 0.2) is 0 Å². The van der Waals surface area contributed by atoms with E-state index in [0.717, 1.165) is 35.3 Å². The number of aliphatic hydroxyl groups is 1. The predicted octanol–water partition coefficient (Wildman–Crippen LogP) is 4.18. The first-order valence-electron chi connectivity index (χ1n) is 7.32. The summed E-state index contributed by atoms with van der Waals surface area (Å²) < 4.78 is 5.54. The smallest absolute Gasteiger partial charge is 0.119 e. The standard InChI is InChI=1S/C16H24O2S/c1-2-11-18-14-9-7-13(8-10-14)16(17)12-19-15-5-3-4-6-15/h7-10,15-17H,2-6,11-12H2,1H3. The first-order valence-corrected chi connectivity index (χ1v) is 8.37. The van der Waals surface area contributed by atoms with E-state index in [-0.39, 0.29) is 6.10 Å². The van der Waals surface area contributed by atoms with E-state index >= 15 is 0 Å². The SMILES string of the molecule is CCCOc1ccc(C(O)CSC2CCCC2)cc1. The summed E-state index contributed by atoms with van der Waals surface area (Å²) in [6.07, 6.45) is 6.02. The molecule has 1 aliphatic carbocycles. The van der Waals surface area contributed by atoms with E-state index in [1.165, 1.54) is 25.7 Å². The van der Waals surface area contributed by atoms with Crippen molar-refractivity contribution >= 4 is 11.8 Å². The third-order valence-corrected chi connectivity index (χ3v) is 4.98. The average molecular weight is 280 g/mol. The summed E-state index contributed by atoms with van der Waals surface area (Å²) in [7, 11) is 0.